The van der Waals surface area contributed by atoms with Gasteiger partial charge >= 0.3 is 0 Å². The van der Waals surface area contributed by atoms with Crippen molar-refractivity contribution in [3.8, 4) is 28.2 Å². The van der Waals surface area contributed by atoms with E-state index in [1.54, 1.807) is 0 Å². The molecule has 0 saturated heterocycles. The molecule has 7 heteroatoms. The van der Waals surface area contributed by atoms with Crippen LogP contribution in [0.2, 0.25) is 0 Å². The second kappa shape index (κ2) is 16.0. The molecule has 15 rings (SSSR count). The summed E-state index contributed by atoms with van der Waals surface area (Å²) in [7, 11) is 0. The monoisotopic (exact) mass is 943 g/mol. The minimum Gasteiger partial charge on any atom is -0.316 e. The molecule has 0 aliphatic carbocycles. The van der Waals surface area contributed by atoms with Crippen LogP contribution < -0.4 is 9.80 Å². The second-order valence-corrected chi connectivity index (χ2v) is 20.4. The van der Waals surface area contributed by atoms with Crippen molar-refractivity contribution in [2.24, 2.45) is 0 Å². The Labute approximate surface area is 419 Å². The van der Waals surface area contributed by atoms with Crippen LogP contribution in [0.5, 0.6) is 0 Å². The van der Waals surface area contributed by atoms with Gasteiger partial charge < -0.3 is 23.5 Å². The fourth-order valence-electron chi connectivity index (χ4n) is 11.0. The van der Waals surface area contributed by atoms with E-state index >= 15 is 0 Å². The highest BCUT2D eigenvalue weighted by Gasteiger charge is 2.31. The first kappa shape index (κ1) is 40.3. The summed E-state index contributed by atoms with van der Waals surface area (Å²) in [6, 6.07) is 86.9. The van der Waals surface area contributed by atoms with Crippen molar-refractivity contribution in [2.45, 2.75) is 19.6 Å². The number of aromatic nitrogens is 3. The fraction of sp³-hybridized carbons (Fsp3) is 0. The minimum atomic E-state index is 1.09. The van der Waals surface area contributed by atoms with Gasteiger partial charge in [-0.15, -0.1) is 0 Å². The van der Waals surface area contributed by atoms with Gasteiger partial charge in [0.1, 0.15) is 0 Å². The fourth-order valence-corrected chi connectivity index (χ4v) is 13.2. The van der Waals surface area contributed by atoms with E-state index in [4.69, 9.17) is 0 Å². The zero-order chi connectivity index (χ0) is 46.6. The van der Waals surface area contributed by atoms with Crippen LogP contribution in [0.15, 0.2) is 269 Å². The molecule has 13 aromatic rings. The lowest BCUT2D eigenvalue weighted by atomic mass is 9.98. The first-order valence-corrected chi connectivity index (χ1v) is 25.6. The number of anilines is 6. The van der Waals surface area contributed by atoms with E-state index in [2.05, 4.69) is 272 Å². The normalized spacial score (nSPS) is 12.9. The van der Waals surface area contributed by atoms with Crippen molar-refractivity contribution in [1.82, 2.24) is 13.7 Å². The summed E-state index contributed by atoms with van der Waals surface area (Å²) in [6.07, 6.45) is 4.40. The molecule has 0 radical (unpaired) electrons. The summed E-state index contributed by atoms with van der Waals surface area (Å²) in [5, 5.41) is 4.86. The van der Waals surface area contributed by atoms with E-state index in [1.165, 1.54) is 63.2 Å². The predicted molar refractivity (Wildman–Crippen MR) is 297 cm³/mol. The number of benzene rings is 10. The third-order valence-corrected chi connectivity index (χ3v) is 16.4. The molecular formula is C64H41N5S2. The van der Waals surface area contributed by atoms with E-state index in [0.29, 0.717) is 0 Å². The molecule has 0 atom stereocenters. The minimum absolute atomic E-state index is 1.09. The summed E-state index contributed by atoms with van der Waals surface area (Å²) in [5.41, 5.74) is 17.2. The average molecular weight is 944 g/mol. The Balaban J connectivity index is 0.997. The van der Waals surface area contributed by atoms with Gasteiger partial charge in [0.15, 0.2) is 0 Å². The van der Waals surface area contributed by atoms with Gasteiger partial charge in [-0.25, -0.2) is 0 Å². The topological polar surface area (TPSA) is 21.3 Å². The van der Waals surface area contributed by atoms with Crippen molar-refractivity contribution < 1.29 is 0 Å². The molecule has 334 valence electrons. The Morgan fingerprint density at radius 1 is 0.282 bits per heavy atom. The van der Waals surface area contributed by atoms with E-state index in [-0.39, 0.29) is 0 Å². The largest absolute Gasteiger partial charge is 0.316 e. The SMILES string of the molecule is c1ccc(-n2ccc3cc4c(cc32)N(c2ccc(N3c5ccccc5Sc5cc6ccn(-c7ccccc7)c6cc53)c(-c3ccc5c(c3)c3ccccc3n5-c3ccccc3)c2)c2ccccc2S4)cc1. The van der Waals surface area contributed by atoms with Gasteiger partial charge in [0, 0.05) is 81.8 Å². The quantitative estimate of drug-likeness (QED) is 0.166. The van der Waals surface area contributed by atoms with E-state index in [0.717, 1.165) is 62.3 Å². The molecule has 0 unspecified atom stereocenters. The molecule has 2 aliphatic rings. The molecule has 0 saturated carbocycles. The first-order valence-electron chi connectivity index (χ1n) is 24.0. The lowest BCUT2D eigenvalue weighted by molar-refractivity contribution is 1.12. The summed E-state index contributed by atoms with van der Waals surface area (Å²) >= 11 is 3.70. The van der Waals surface area contributed by atoms with Gasteiger partial charge in [-0.1, -0.05) is 127 Å². The summed E-state index contributed by atoms with van der Waals surface area (Å²) in [5.74, 6) is 0. The summed E-state index contributed by atoms with van der Waals surface area (Å²) in [4.78, 5) is 9.90. The van der Waals surface area contributed by atoms with Crippen molar-refractivity contribution in [3.05, 3.63) is 249 Å². The van der Waals surface area contributed by atoms with Gasteiger partial charge in [-0.3, -0.25) is 0 Å². The maximum absolute atomic E-state index is 2.52. The van der Waals surface area contributed by atoms with Gasteiger partial charge in [0.2, 0.25) is 0 Å². The van der Waals surface area contributed by atoms with Crippen molar-refractivity contribution >= 4 is 101 Å². The van der Waals surface area contributed by atoms with Crippen molar-refractivity contribution in [2.75, 3.05) is 9.80 Å². The molecule has 0 amide bonds. The van der Waals surface area contributed by atoms with E-state index in [9.17, 15) is 0 Å². The molecular weight excluding hydrogens is 903 g/mol. The Morgan fingerprint density at radius 3 is 1.44 bits per heavy atom. The van der Waals surface area contributed by atoms with Crippen molar-refractivity contribution in [1.29, 1.82) is 0 Å². The molecule has 0 spiro atoms. The van der Waals surface area contributed by atoms with Crippen molar-refractivity contribution in [3.63, 3.8) is 0 Å². The highest BCUT2D eigenvalue weighted by Crippen LogP contribution is 2.57. The maximum Gasteiger partial charge on any atom is 0.0623 e. The average Bonchev–Trinajstić information content (AvgIpc) is 4.14. The molecule has 5 heterocycles. The number of hydrogen-bond acceptors (Lipinski definition) is 4. The number of para-hydroxylation sites is 6. The summed E-state index contributed by atoms with van der Waals surface area (Å²) in [6.45, 7) is 0. The van der Waals surface area contributed by atoms with E-state index in [1.807, 2.05) is 23.5 Å². The number of hydrogen-bond donors (Lipinski definition) is 0. The van der Waals surface area contributed by atoms with Crippen LogP contribution in [0.4, 0.5) is 34.1 Å². The molecule has 71 heavy (non-hydrogen) atoms. The zero-order valence-electron chi connectivity index (χ0n) is 38.2. The highest BCUT2D eigenvalue weighted by molar-refractivity contribution is 8.00. The molecule has 10 aromatic carbocycles. The summed E-state index contributed by atoms with van der Waals surface area (Å²) < 4.78 is 7.02. The molecule has 3 aromatic heterocycles. The van der Waals surface area contributed by atoms with Gasteiger partial charge in [-0.05, 0) is 139 Å². The molecule has 0 fully saturated rings. The van der Waals surface area contributed by atoms with Crippen LogP contribution in [0.3, 0.4) is 0 Å². The molecule has 2 aliphatic heterocycles. The van der Waals surface area contributed by atoms with Crippen LogP contribution in [0, 0.1) is 0 Å². The molecule has 0 N–H and O–H groups in total. The van der Waals surface area contributed by atoms with Crippen LogP contribution >= 0.6 is 23.5 Å². The van der Waals surface area contributed by atoms with Crippen LogP contribution in [-0.2, 0) is 0 Å². The number of fused-ring (bicyclic) bond motifs is 9. The Morgan fingerprint density at radius 2 is 0.803 bits per heavy atom. The maximum atomic E-state index is 2.52. The van der Waals surface area contributed by atoms with Crippen LogP contribution in [0.25, 0.3) is 71.8 Å². The Hall–Kier alpha value is -8.62. The smallest absolute Gasteiger partial charge is 0.0623 e. The van der Waals surface area contributed by atoms with Gasteiger partial charge in [0.25, 0.3) is 0 Å². The molecule has 0 bridgehead atoms. The van der Waals surface area contributed by atoms with Gasteiger partial charge in [-0.2, -0.15) is 0 Å². The third-order valence-electron chi connectivity index (χ3n) is 14.2. The lowest BCUT2D eigenvalue weighted by Gasteiger charge is -2.36. The zero-order valence-corrected chi connectivity index (χ0v) is 39.9. The van der Waals surface area contributed by atoms with Crippen LogP contribution in [0.1, 0.15) is 0 Å². The number of rotatable bonds is 6. The Kier molecular flexibility index (Phi) is 9.06. The predicted octanol–water partition coefficient (Wildman–Crippen LogP) is 18.2. The second-order valence-electron chi connectivity index (χ2n) is 18.2. The standard InChI is InChI=1S/C64H41N5S2/c1-4-16-45(17-5-1)65-34-32-43-37-63-59(40-57(43)65)68(55-24-12-14-26-61(55)70-63)48-29-31-53(50(39-48)42-28-30-54-51(36-42)49-22-10-11-23-52(49)67(54)47-20-8-3-9-21-47)69-56-25-13-15-27-62(56)71-64-38-44-33-35-66(58(44)41-60(64)69)46-18-6-2-7-19-46/h1-41H. The lowest BCUT2D eigenvalue weighted by Crippen LogP contribution is -2.18. The number of nitrogens with zero attached hydrogens (tertiary/aromatic N) is 5. The first-order chi connectivity index (χ1) is 35.2. The molecule has 5 nitrogen and oxygen atoms in total. The Bertz CT molecular complexity index is 4250. The highest BCUT2D eigenvalue weighted by atomic mass is 32.2. The van der Waals surface area contributed by atoms with Crippen LogP contribution in [-0.4, -0.2) is 13.7 Å². The van der Waals surface area contributed by atoms with E-state index < -0.39 is 0 Å². The third kappa shape index (κ3) is 6.37. The van der Waals surface area contributed by atoms with Gasteiger partial charge in [0.05, 0.1) is 50.5 Å².